The van der Waals surface area contributed by atoms with Gasteiger partial charge < -0.3 is 16.0 Å². The summed E-state index contributed by atoms with van der Waals surface area (Å²) in [7, 11) is 0. The Bertz CT molecular complexity index is 545. The summed E-state index contributed by atoms with van der Waals surface area (Å²) in [4.78, 5) is 23.5. The van der Waals surface area contributed by atoms with E-state index in [9.17, 15) is 18.4 Å². The largest absolute Gasteiger partial charge is 0.354 e. The molecule has 1 heterocycles. The summed E-state index contributed by atoms with van der Waals surface area (Å²) in [6.45, 7) is 1.21. The summed E-state index contributed by atoms with van der Waals surface area (Å²) >= 11 is 1.81. The second-order valence-corrected chi connectivity index (χ2v) is 6.28. The van der Waals surface area contributed by atoms with Crippen molar-refractivity contribution < 1.29 is 18.4 Å². The molecular weight excluding hydrogens is 324 g/mol. The Morgan fingerprint density at radius 2 is 1.91 bits per heavy atom. The van der Waals surface area contributed by atoms with Gasteiger partial charge in [0.25, 0.3) is 5.91 Å². The molecule has 0 bridgehead atoms. The first-order chi connectivity index (χ1) is 11.1. The molecule has 1 aromatic carbocycles. The van der Waals surface area contributed by atoms with Gasteiger partial charge in [0.15, 0.2) is 0 Å². The SMILES string of the molecule is O=C(CC1CSCCN1)NCCNC(=O)c1c(F)cccc1F. The molecule has 23 heavy (non-hydrogen) atoms. The molecule has 1 aliphatic rings. The minimum absolute atomic E-state index is 0.102. The molecule has 1 aliphatic heterocycles. The van der Waals surface area contributed by atoms with Crippen molar-refractivity contribution in [2.45, 2.75) is 12.5 Å². The molecule has 8 heteroatoms. The van der Waals surface area contributed by atoms with E-state index in [2.05, 4.69) is 16.0 Å². The third kappa shape index (κ3) is 5.47. The highest BCUT2D eigenvalue weighted by molar-refractivity contribution is 7.99. The average molecular weight is 343 g/mol. The van der Waals surface area contributed by atoms with Gasteiger partial charge in [0.1, 0.15) is 17.2 Å². The van der Waals surface area contributed by atoms with Crippen LogP contribution >= 0.6 is 11.8 Å². The van der Waals surface area contributed by atoms with E-state index in [4.69, 9.17) is 0 Å². The highest BCUT2D eigenvalue weighted by atomic mass is 32.2. The maximum atomic E-state index is 13.4. The summed E-state index contributed by atoms with van der Waals surface area (Å²) in [5, 5.41) is 8.32. The van der Waals surface area contributed by atoms with Crippen LogP contribution in [0.25, 0.3) is 0 Å². The van der Waals surface area contributed by atoms with Gasteiger partial charge in [-0.2, -0.15) is 11.8 Å². The van der Waals surface area contributed by atoms with E-state index in [1.807, 2.05) is 11.8 Å². The van der Waals surface area contributed by atoms with Gasteiger partial charge in [0.05, 0.1) is 0 Å². The van der Waals surface area contributed by atoms with Gasteiger partial charge in [-0.3, -0.25) is 9.59 Å². The summed E-state index contributed by atoms with van der Waals surface area (Å²) in [5.41, 5.74) is -0.609. The van der Waals surface area contributed by atoms with Gasteiger partial charge in [-0.1, -0.05) is 6.07 Å². The molecule has 0 spiro atoms. The Morgan fingerprint density at radius 3 is 2.57 bits per heavy atom. The number of carbonyl (C=O) groups excluding carboxylic acids is 2. The molecule has 0 radical (unpaired) electrons. The van der Waals surface area contributed by atoms with Crippen LogP contribution < -0.4 is 16.0 Å². The maximum Gasteiger partial charge on any atom is 0.257 e. The highest BCUT2D eigenvalue weighted by Gasteiger charge is 2.18. The number of halogens is 2. The lowest BCUT2D eigenvalue weighted by molar-refractivity contribution is -0.121. The number of carbonyl (C=O) groups is 2. The van der Waals surface area contributed by atoms with Crippen LogP contribution in [0.15, 0.2) is 18.2 Å². The van der Waals surface area contributed by atoms with Crippen LogP contribution in [0.2, 0.25) is 0 Å². The number of amides is 2. The Morgan fingerprint density at radius 1 is 1.22 bits per heavy atom. The minimum Gasteiger partial charge on any atom is -0.354 e. The lowest BCUT2D eigenvalue weighted by Gasteiger charge is -2.22. The first kappa shape index (κ1) is 17.7. The van der Waals surface area contributed by atoms with Crippen LogP contribution in [0, 0.1) is 11.6 Å². The molecule has 0 aromatic heterocycles. The second kappa shape index (κ2) is 8.83. The third-order valence-electron chi connectivity index (χ3n) is 3.35. The normalized spacial score (nSPS) is 17.6. The molecule has 2 amide bonds. The predicted molar refractivity (Wildman–Crippen MR) is 85.4 cm³/mol. The number of benzene rings is 1. The highest BCUT2D eigenvalue weighted by Crippen LogP contribution is 2.11. The van der Waals surface area contributed by atoms with Gasteiger partial charge in [-0.25, -0.2) is 8.78 Å². The Kier molecular flexibility index (Phi) is 6.79. The Labute approximate surface area is 137 Å². The molecule has 1 atom stereocenters. The van der Waals surface area contributed by atoms with E-state index in [-0.39, 0.29) is 25.0 Å². The monoisotopic (exact) mass is 343 g/mol. The topological polar surface area (TPSA) is 70.2 Å². The zero-order valence-electron chi connectivity index (χ0n) is 12.5. The van der Waals surface area contributed by atoms with E-state index in [0.717, 1.165) is 30.2 Å². The van der Waals surface area contributed by atoms with E-state index >= 15 is 0 Å². The van der Waals surface area contributed by atoms with Gasteiger partial charge in [0.2, 0.25) is 5.91 Å². The maximum absolute atomic E-state index is 13.4. The molecular formula is C15H19F2N3O2S. The molecule has 1 saturated heterocycles. The fourth-order valence-corrected chi connectivity index (χ4v) is 3.18. The van der Waals surface area contributed by atoms with Crippen LogP contribution in [0.4, 0.5) is 8.78 Å². The van der Waals surface area contributed by atoms with Crippen molar-refractivity contribution in [1.82, 2.24) is 16.0 Å². The van der Waals surface area contributed by atoms with Gasteiger partial charge in [0, 0.05) is 43.6 Å². The zero-order chi connectivity index (χ0) is 16.7. The standard InChI is InChI=1S/C15H19F2N3O2S/c16-11-2-1-3-12(17)14(11)15(22)20-5-4-19-13(21)8-10-9-23-7-6-18-10/h1-3,10,18H,4-9H2,(H,19,21)(H,20,22). The van der Waals surface area contributed by atoms with Crippen LogP contribution in [-0.4, -0.2) is 49.0 Å². The third-order valence-corrected chi connectivity index (χ3v) is 4.48. The number of nitrogens with one attached hydrogen (secondary N) is 3. The summed E-state index contributed by atoms with van der Waals surface area (Å²) in [6.07, 6.45) is 0.378. The molecule has 0 aliphatic carbocycles. The van der Waals surface area contributed by atoms with Crippen molar-refractivity contribution in [3.8, 4) is 0 Å². The first-order valence-corrected chi connectivity index (χ1v) is 8.53. The van der Waals surface area contributed by atoms with Crippen molar-refractivity contribution in [1.29, 1.82) is 0 Å². The number of rotatable bonds is 6. The quantitative estimate of drug-likeness (QED) is 0.672. The first-order valence-electron chi connectivity index (χ1n) is 7.38. The molecule has 1 unspecified atom stereocenters. The van der Waals surface area contributed by atoms with Crippen molar-refractivity contribution in [2.24, 2.45) is 0 Å². The van der Waals surface area contributed by atoms with Crippen molar-refractivity contribution in [3.05, 3.63) is 35.4 Å². The fraction of sp³-hybridized carbons (Fsp3) is 0.467. The molecule has 5 nitrogen and oxygen atoms in total. The summed E-state index contributed by atoms with van der Waals surface area (Å²) in [5.74, 6) is -0.815. The van der Waals surface area contributed by atoms with Crippen LogP contribution in [0.5, 0.6) is 0 Å². The number of thioether (sulfide) groups is 1. The van der Waals surface area contributed by atoms with Crippen molar-refractivity contribution in [2.75, 3.05) is 31.1 Å². The summed E-state index contributed by atoms with van der Waals surface area (Å²) < 4.78 is 26.8. The smallest absolute Gasteiger partial charge is 0.257 e. The Balaban J connectivity index is 1.68. The lowest BCUT2D eigenvalue weighted by Crippen LogP contribution is -2.42. The molecule has 3 N–H and O–H groups in total. The Hall–Kier alpha value is -1.67. The van der Waals surface area contributed by atoms with E-state index in [1.165, 1.54) is 6.07 Å². The fourth-order valence-electron chi connectivity index (χ4n) is 2.23. The van der Waals surface area contributed by atoms with E-state index in [0.29, 0.717) is 6.42 Å². The molecule has 1 aromatic rings. The number of hydrogen-bond acceptors (Lipinski definition) is 4. The van der Waals surface area contributed by atoms with Crippen LogP contribution in [-0.2, 0) is 4.79 Å². The predicted octanol–water partition coefficient (Wildman–Crippen LogP) is 0.906. The van der Waals surface area contributed by atoms with Gasteiger partial charge in [-0.15, -0.1) is 0 Å². The minimum atomic E-state index is -0.910. The van der Waals surface area contributed by atoms with Crippen LogP contribution in [0.3, 0.4) is 0 Å². The van der Waals surface area contributed by atoms with Crippen LogP contribution in [0.1, 0.15) is 16.8 Å². The second-order valence-electron chi connectivity index (χ2n) is 5.13. The van der Waals surface area contributed by atoms with Crippen molar-refractivity contribution in [3.63, 3.8) is 0 Å². The number of hydrogen-bond donors (Lipinski definition) is 3. The summed E-state index contributed by atoms with van der Waals surface area (Å²) in [6, 6.07) is 3.40. The van der Waals surface area contributed by atoms with Gasteiger partial charge >= 0.3 is 0 Å². The molecule has 126 valence electrons. The average Bonchev–Trinajstić information content (AvgIpc) is 2.52. The molecule has 0 saturated carbocycles. The van der Waals surface area contributed by atoms with Crippen molar-refractivity contribution >= 4 is 23.6 Å². The van der Waals surface area contributed by atoms with E-state index in [1.54, 1.807) is 0 Å². The molecule has 1 fully saturated rings. The van der Waals surface area contributed by atoms with Gasteiger partial charge in [-0.05, 0) is 12.1 Å². The van der Waals surface area contributed by atoms with E-state index < -0.39 is 23.1 Å². The molecule has 2 rings (SSSR count). The zero-order valence-corrected chi connectivity index (χ0v) is 13.3. The lowest BCUT2D eigenvalue weighted by atomic mass is 10.2.